The number of halogens is 2. The average molecular weight is 384 g/mol. The number of hydrazine groups is 1. The van der Waals surface area contributed by atoms with Crippen LogP contribution in [0.4, 0.5) is 4.39 Å². The molecule has 2 atom stereocenters. The van der Waals surface area contributed by atoms with E-state index in [1.54, 1.807) is 0 Å². The quantitative estimate of drug-likeness (QED) is 0.745. The Labute approximate surface area is 144 Å². The third-order valence-electron chi connectivity index (χ3n) is 4.81. The van der Waals surface area contributed by atoms with Gasteiger partial charge in [0.1, 0.15) is 5.82 Å². The highest BCUT2D eigenvalue weighted by molar-refractivity contribution is 9.10. The Balaban J connectivity index is 1.50. The Morgan fingerprint density at radius 2 is 2.04 bits per heavy atom. The van der Waals surface area contributed by atoms with Gasteiger partial charge in [-0.05, 0) is 52.9 Å². The van der Waals surface area contributed by atoms with E-state index in [9.17, 15) is 9.18 Å². The summed E-state index contributed by atoms with van der Waals surface area (Å²) in [6.07, 6.45) is 8.69. The number of rotatable bonds is 4. The molecule has 4 nitrogen and oxygen atoms in total. The number of carbonyl (C=O) groups is 1. The van der Waals surface area contributed by atoms with Crippen LogP contribution in [0.1, 0.15) is 55.3 Å². The largest absolute Gasteiger partial charge is 0.335 e. The highest BCUT2D eigenvalue weighted by Gasteiger charge is 2.28. The van der Waals surface area contributed by atoms with Gasteiger partial charge in [-0.3, -0.25) is 10.2 Å². The van der Waals surface area contributed by atoms with E-state index < -0.39 is 0 Å². The topological polar surface area (TPSA) is 53.2 Å². The fraction of sp³-hybridized carbons (Fsp3) is 0.588. The van der Waals surface area contributed by atoms with Gasteiger partial charge in [-0.15, -0.1) is 0 Å². The van der Waals surface area contributed by atoms with Crippen molar-refractivity contribution in [1.82, 2.24) is 16.2 Å². The summed E-state index contributed by atoms with van der Waals surface area (Å²) in [6, 6.07) is 4.50. The minimum absolute atomic E-state index is 0.0898. The molecule has 0 spiro atoms. The maximum Gasteiger partial charge on any atom is 0.253 e. The summed E-state index contributed by atoms with van der Waals surface area (Å²) >= 11 is 3.24. The molecule has 1 aromatic carbocycles. The molecule has 1 saturated heterocycles. The lowest BCUT2D eigenvalue weighted by Gasteiger charge is -2.24. The van der Waals surface area contributed by atoms with Crippen molar-refractivity contribution in [3.8, 4) is 0 Å². The van der Waals surface area contributed by atoms with Crippen LogP contribution < -0.4 is 16.2 Å². The lowest BCUT2D eigenvalue weighted by atomic mass is 9.84. The standard InChI is InChI=1S/C17H23BrFN3O/c18-15-9-12(19)6-7-14(15)17(23)20-16-10-13(21-22-16)8-11-4-2-1-3-5-11/h6-7,9,11,13,16,21-22H,1-5,8,10H2,(H,20,23). The molecule has 1 saturated carbocycles. The van der Waals surface area contributed by atoms with Crippen LogP contribution in [0, 0.1) is 11.7 Å². The SMILES string of the molecule is O=C(NC1CC(CC2CCCCC2)NN1)c1ccc(F)cc1Br. The van der Waals surface area contributed by atoms with Crippen LogP contribution in [0.25, 0.3) is 0 Å². The summed E-state index contributed by atoms with van der Waals surface area (Å²) in [4.78, 5) is 12.3. The highest BCUT2D eigenvalue weighted by Crippen LogP contribution is 2.28. The zero-order valence-electron chi connectivity index (χ0n) is 13.1. The van der Waals surface area contributed by atoms with E-state index in [-0.39, 0.29) is 17.9 Å². The Hall–Kier alpha value is -0.980. The van der Waals surface area contributed by atoms with E-state index in [2.05, 4.69) is 32.1 Å². The number of carbonyl (C=O) groups excluding carboxylic acids is 1. The number of benzene rings is 1. The lowest BCUT2D eigenvalue weighted by molar-refractivity contribution is 0.0931. The van der Waals surface area contributed by atoms with E-state index >= 15 is 0 Å². The first kappa shape index (κ1) is 16.9. The predicted molar refractivity (Wildman–Crippen MR) is 91.2 cm³/mol. The Kier molecular flexibility index (Phi) is 5.67. The molecule has 2 fully saturated rings. The number of hydrogen-bond acceptors (Lipinski definition) is 3. The van der Waals surface area contributed by atoms with Gasteiger partial charge in [0.2, 0.25) is 0 Å². The van der Waals surface area contributed by atoms with Gasteiger partial charge in [0, 0.05) is 10.5 Å². The second-order valence-electron chi connectivity index (χ2n) is 6.61. The first-order valence-electron chi connectivity index (χ1n) is 8.39. The molecule has 6 heteroatoms. The van der Waals surface area contributed by atoms with Crippen molar-refractivity contribution in [2.45, 2.75) is 57.2 Å². The first-order chi connectivity index (χ1) is 11.1. The van der Waals surface area contributed by atoms with E-state index in [4.69, 9.17) is 0 Å². The molecule has 3 N–H and O–H groups in total. The van der Waals surface area contributed by atoms with Gasteiger partial charge in [-0.1, -0.05) is 32.1 Å². The smallest absolute Gasteiger partial charge is 0.253 e. The van der Waals surface area contributed by atoms with Gasteiger partial charge in [0.05, 0.1) is 11.7 Å². The van der Waals surface area contributed by atoms with Crippen molar-refractivity contribution >= 4 is 21.8 Å². The molecule has 23 heavy (non-hydrogen) atoms. The molecule has 1 aliphatic heterocycles. The molecule has 1 aromatic rings. The van der Waals surface area contributed by atoms with Gasteiger partial charge < -0.3 is 5.32 Å². The summed E-state index contributed by atoms with van der Waals surface area (Å²) in [7, 11) is 0. The lowest BCUT2D eigenvalue weighted by Crippen LogP contribution is -2.44. The van der Waals surface area contributed by atoms with Crippen LogP contribution in [0.2, 0.25) is 0 Å². The summed E-state index contributed by atoms with van der Waals surface area (Å²) < 4.78 is 13.6. The number of amides is 1. The van der Waals surface area contributed by atoms with E-state index in [0.29, 0.717) is 16.1 Å². The predicted octanol–water partition coefficient (Wildman–Crippen LogP) is 3.48. The molecule has 0 bridgehead atoms. The number of hydrogen-bond donors (Lipinski definition) is 3. The van der Waals surface area contributed by atoms with Crippen LogP contribution in [0.5, 0.6) is 0 Å². The van der Waals surface area contributed by atoms with Crippen molar-refractivity contribution in [2.75, 3.05) is 0 Å². The first-order valence-corrected chi connectivity index (χ1v) is 9.18. The molecule has 3 rings (SSSR count). The van der Waals surface area contributed by atoms with Gasteiger partial charge in [-0.25, -0.2) is 9.82 Å². The second kappa shape index (κ2) is 7.73. The van der Waals surface area contributed by atoms with E-state index in [1.807, 2.05) is 0 Å². The fourth-order valence-corrected chi connectivity index (χ4v) is 4.14. The van der Waals surface area contributed by atoms with Crippen LogP contribution in [0.15, 0.2) is 22.7 Å². The molecule has 0 radical (unpaired) electrons. The third-order valence-corrected chi connectivity index (χ3v) is 5.46. The molecule has 1 heterocycles. The summed E-state index contributed by atoms with van der Waals surface area (Å²) in [5.74, 6) is 0.250. The summed E-state index contributed by atoms with van der Waals surface area (Å²) in [6.45, 7) is 0. The van der Waals surface area contributed by atoms with Crippen LogP contribution in [0.3, 0.4) is 0 Å². The van der Waals surface area contributed by atoms with Crippen molar-refractivity contribution in [2.24, 2.45) is 5.92 Å². The Morgan fingerprint density at radius 1 is 1.26 bits per heavy atom. The normalized spacial score (nSPS) is 25.5. The zero-order valence-corrected chi connectivity index (χ0v) is 14.7. The maximum absolute atomic E-state index is 13.1. The monoisotopic (exact) mass is 383 g/mol. The third kappa shape index (κ3) is 4.52. The Morgan fingerprint density at radius 3 is 2.78 bits per heavy atom. The summed E-state index contributed by atoms with van der Waals surface area (Å²) in [5.41, 5.74) is 6.90. The van der Waals surface area contributed by atoms with Crippen molar-refractivity contribution in [3.63, 3.8) is 0 Å². The van der Waals surface area contributed by atoms with Crippen molar-refractivity contribution in [1.29, 1.82) is 0 Å². The summed E-state index contributed by atoms with van der Waals surface area (Å²) in [5, 5.41) is 2.96. The molecule has 1 aliphatic carbocycles. The van der Waals surface area contributed by atoms with Crippen LogP contribution >= 0.6 is 15.9 Å². The zero-order chi connectivity index (χ0) is 16.2. The van der Waals surface area contributed by atoms with Gasteiger partial charge >= 0.3 is 0 Å². The number of nitrogens with one attached hydrogen (secondary N) is 3. The molecule has 1 amide bonds. The fourth-order valence-electron chi connectivity index (χ4n) is 3.61. The molecule has 0 aromatic heterocycles. The molecule has 2 unspecified atom stereocenters. The van der Waals surface area contributed by atoms with Crippen LogP contribution in [-0.2, 0) is 0 Å². The molecule has 126 valence electrons. The molecular weight excluding hydrogens is 361 g/mol. The van der Waals surface area contributed by atoms with Gasteiger partial charge in [-0.2, -0.15) is 0 Å². The molecular formula is C17H23BrFN3O. The van der Waals surface area contributed by atoms with Crippen molar-refractivity contribution in [3.05, 3.63) is 34.1 Å². The minimum Gasteiger partial charge on any atom is -0.335 e. The molecule has 2 aliphatic rings. The van der Waals surface area contributed by atoms with Crippen molar-refractivity contribution < 1.29 is 9.18 Å². The Bertz CT molecular complexity index is 563. The second-order valence-corrected chi connectivity index (χ2v) is 7.47. The van der Waals surface area contributed by atoms with E-state index in [0.717, 1.165) is 12.3 Å². The van der Waals surface area contributed by atoms with Gasteiger partial charge in [0.15, 0.2) is 0 Å². The van der Waals surface area contributed by atoms with Crippen LogP contribution in [-0.4, -0.2) is 18.1 Å². The average Bonchev–Trinajstić information content (AvgIpc) is 2.95. The highest BCUT2D eigenvalue weighted by atomic mass is 79.9. The van der Waals surface area contributed by atoms with E-state index in [1.165, 1.54) is 56.7 Å². The van der Waals surface area contributed by atoms with Gasteiger partial charge in [0.25, 0.3) is 5.91 Å². The minimum atomic E-state index is -0.360. The maximum atomic E-state index is 13.1.